The van der Waals surface area contributed by atoms with Gasteiger partial charge in [0.2, 0.25) is 0 Å². The number of hydrogen-bond donors (Lipinski definition) is 4. The lowest BCUT2D eigenvalue weighted by molar-refractivity contribution is -0.905. The van der Waals surface area contributed by atoms with E-state index in [1.54, 1.807) is 24.3 Å². The van der Waals surface area contributed by atoms with Crippen molar-refractivity contribution in [2.75, 3.05) is 41.3 Å². The minimum atomic E-state index is -0.0812. The van der Waals surface area contributed by atoms with Crippen LogP contribution in [-0.2, 0) is 13.1 Å². The molecule has 0 saturated heterocycles. The second-order valence-corrected chi connectivity index (χ2v) is 9.34. The van der Waals surface area contributed by atoms with Gasteiger partial charge in [-0.15, -0.1) is 0 Å². The number of benzene rings is 2. The quantitative estimate of drug-likeness (QED) is 0.277. The largest absolute Gasteiger partial charge is 0.504 e. The number of rotatable bonds is 10. The number of nitrogens with zero attached hydrogens (tertiary/aromatic N) is 2. The zero-order chi connectivity index (χ0) is 21.7. The third-order valence-corrected chi connectivity index (χ3v) is 5.33. The van der Waals surface area contributed by atoms with Gasteiger partial charge in [-0.25, -0.2) is 0 Å². The number of hydrogen-bond acceptors (Lipinski definition) is 4. The zero-order valence-electron chi connectivity index (χ0n) is 18.1. The Kier molecular flexibility index (Phi) is 7.38. The van der Waals surface area contributed by atoms with Crippen LogP contribution in [0.3, 0.4) is 0 Å². The van der Waals surface area contributed by atoms with Gasteiger partial charge in [0.15, 0.2) is 23.0 Å². The summed E-state index contributed by atoms with van der Waals surface area (Å²) in [6.07, 6.45) is 3.39. The van der Waals surface area contributed by atoms with Crippen molar-refractivity contribution in [1.29, 1.82) is 0 Å². The molecule has 6 nitrogen and oxygen atoms in total. The number of phenols is 4. The first-order valence-electron chi connectivity index (χ1n) is 10.1. The summed E-state index contributed by atoms with van der Waals surface area (Å²) in [5, 5.41) is 38.2. The van der Waals surface area contributed by atoms with Crippen molar-refractivity contribution in [2.45, 2.75) is 32.4 Å². The summed E-state index contributed by atoms with van der Waals surface area (Å²) in [4.78, 5) is 0. The molecule has 0 fully saturated rings. The Morgan fingerprint density at radius 3 is 1.28 bits per heavy atom. The van der Waals surface area contributed by atoms with Crippen LogP contribution >= 0.6 is 0 Å². The molecule has 2 rings (SSSR count). The van der Waals surface area contributed by atoms with Gasteiger partial charge in [-0.1, -0.05) is 0 Å². The Morgan fingerprint density at radius 1 is 0.552 bits per heavy atom. The molecule has 0 aliphatic carbocycles. The number of unbranched alkanes of at least 4 members (excludes halogenated alkanes) is 2. The van der Waals surface area contributed by atoms with Gasteiger partial charge >= 0.3 is 0 Å². The van der Waals surface area contributed by atoms with Gasteiger partial charge in [-0.2, -0.15) is 0 Å². The molecule has 29 heavy (non-hydrogen) atoms. The van der Waals surface area contributed by atoms with Crippen molar-refractivity contribution in [3.05, 3.63) is 47.5 Å². The summed E-state index contributed by atoms with van der Waals surface area (Å²) in [6, 6.07) is 10.1. The van der Waals surface area contributed by atoms with Gasteiger partial charge in [0, 0.05) is 11.1 Å². The summed E-state index contributed by atoms with van der Waals surface area (Å²) in [5.74, 6) is -0.293. The fourth-order valence-corrected chi connectivity index (χ4v) is 3.74. The van der Waals surface area contributed by atoms with Crippen LogP contribution < -0.4 is 0 Å². The molecule has 0 spiro atoms. The summed E-state index contributed by atoms with van der Waals surface area (Å²) in [7, 11) is 8.73. The molecule has 0 bridgehead atoms. The zero-order valence-corrected chi connectivity index (χ0v) is 18.1. The fourth-order valence-electron chi connectivity index (χ4n) is 3.74. The first-order chi connectivity index (χ1) is 13.5. The predicted molar refractivity (Wildman–Crippen MR) is 115 cm³/mol. The van der Waals surface area contributed by atoms with Gasteiger partial charge in [-0.05, 0) is 55.7 Å². The molecule has 0 atom stereocenters. The second-order valence-electron chi connectivity index (χ2n) is 9.34. The van der Waals surface area contributed by atoms with Crippen LogP contribution in [-0.4, -0.2) is 70.7 Å². The van der Waals surface area contributed by atoms with Crippen molar-refractivity contribution in [3.63, 3.8) is 0 Å². The van der Waals surface area contributed by atoms with E-state index < -0.39 is 0 Å². The maximum absolute atomic E-state index is 9.67. The standard InChI is InChI=1S/C23H34N2O4/c1-24(2,16-18-8-10-20(26)22(28)14-18)12-6-5-7-13-25(3,4)17-19-9-11-21(27)23(29)15-19/h8-11,14-15H,5-7,12-13,16-17H2,1-4H3,(H2-2,26,27,28,29)/p+2. The van der Waals surface area contributed by atoms with Gasteiger partial charge in [0.25, 0.3) is 0 Å². The van der Waals surface area contributed by atoms with Crippen LogP contribution in [0.15, 0.2) is 36.4 Å². The van der Waals surface area contributed by atoms with Gasteiger partial charge in [0.1, 0.15) is 13.1 Å². The van der Waals surface area contributed by atoms with Crippen molar-refractivity contribution in [2.24, 2.45) is 0 Å². The molecule has 0 aliphatic heterocycles. The van der Waals surface area contributed by atoms with Crippen LogP contribution in [0.2, 0.25) is 0 Å². The average Bonchev–Trinajstić information content (AvgIpc) is 2.60. The first-order valence-corrected chi connectivity index (χ1v) is 10.1. The van der Waals surface area contributed by atoms with E-state index in [9.17, 15) is 20.4 Å². The Balaban J connectivity index is 1.74. The minimum Gasteiger partial charge on any atom is -0.504 e. The highest BCUT2D eigenvalue weighted by atomic mass is 16.3. The number of quaternary nitrogens is 2. The van der Waals surface area contributed by atoms with E-state index in [0.29, 0.717) is 0 Å². The molecule has 4 N–H and O–H groups in total. The molecule has 0 amide bonds. The molecule has 2 aromatic rings. The fraction of sp³-hybridized carbons (Fsp3) is 0.478. The van der Waals surface area contributed by atoms with Crippen LogP contribution in [0.5, 0.6) is 23.0 Å². The number of phenolic OH excluding ortho intramolecular Hbond substituents is 4. The molecule has 0 radical (unpaired) electrons. The second kappa shape index (κ2) is 9.37. The Labute approximate surface area is 174 Å². The molecule has 160 valence electrons. The van der Waals surface area contributed by atoms with E-state index in [1.165, 1.54) is 0 Å². The maximum atomic E-state index is 9.67. The maximum Gasteiger partial charge on any atom is 0.157 e. The lowest BCUT2D eigenvalue weighted by Gasteiger charge is -2.31. The molecule has 0 aliphatic rings. The monoisotopic (exact) mass is 404 g/mol. The van der Waals surface area contributed by atoms with Gasteiger partial charge in [0.05, 0.1) is 41.3 Å². The van der Waals surface area contributed by atoms with Crippen molar-refractivity contribution in [1.82, 2.24) is 0 Å². The Hall–Kier alpha value is -2.44. The number of aromatic hydroxyl groups is 4. The Morgan fingerprint density at radius 2 is 0.931 bits per heavy atom. The topological polar surface area (TPSA) is 80.9 Å². The highest BCUT2D eigenvalue weighted by Gasteiger charge is 2.19. The van der Waals surface area contributed by atoms with Crippen LogP contribution in [0.1, 0.15) is 30.4 Å². The van der Waals surface area contributed by atoms with E-state index in [4.69, 9.17) is 0 Å². The lowest BCUT2D eigenvalue weighted by atomic mass is 10.1. The molecule has 0 saturated carbocycles. The van der Waals surface area contributed by atoms with E-state index in [-0.39, 0.29) is 23.0 Å². The predicted octanol–water partition coefficient (Wildman–Crippen LogP) is 3.53. The summed E-state index contributed by atoms with van der Waals surface area (Å²) < 4.78 is 1.66. The molecule has 0 unspecified atom stereocenters. The smallest absolute Gasteiger partial charge is 0.157 e. The van der Waals surface area contributed by atoms with Crippen LogP contribution in [0, 0.1) is 0 Å². The molecule has 2 aromatic carbocycles. The van der Waals surface area contributed by atoms with Gasteiger partial charge < -0.3 is 29.4 Å². The van der Waals surface area contributed by atoms with E-state index in [1.807, 2.05) is 12.1 Å². The van der Waals surface area contributed by atoms with Crippen LogP contribution in [0.25, 0.3) is 0 Å². The minimum absolute atomic E-state index is 0.0653. The molecule has 0 heterocycles. The third kappa shape index (κ3) is 7.48. The highest BCUT2D eigenvalue weighted by molar-refractivity contribution is 5.40. The lowest BCUT2D eigenvalue weighted by Crippen LogP contribution is -2.40. The summed E-state index contributed by atoms with van der Waals surface area (Å²) in [5.41, 5.74) is 2.03. The van der Waals surface area contributed by atoms with Gasteiger partial charge in [-0.3, -0.25) is 0 Å². The third-order valence-electron chi connectivity index (χ3n) is 5.33. The highest BCUT2D eigenvalue weighted by Crippen LogP contribution is 2.27. The molecular formula is C23H36N2O4+2. The molecule has 0 aromatic heterocycles. The van der Waals surface area contributed by atoms with E-state index >= 15 is 0 Å². The van der Waals surface area contributed by atoms with E-state index in [2.05, 4.69) is 28.2 Å². The Bertz CT molecular complexity index is 751. The van der Waals surface area contributed by atoms with Crippen molar-refractivity contribution >= 4 is 0 Å². The summed E-state index contributed by atoms with van der Waals surface area (Å²) >= 11 is 0. The summed E-state index contributed by atoms with van der Waals surface area (Å²) in [6.45, 7) is 3.70. The van der Waals surface area contributed by atoms with Crippen molar-refractivity contribution in [3.8, 4) is 23.0 Å². The van der Waals surface area contributed by atoms with Crippen LogP contribution in [0.4, 0.5) is 0 Å². The van der Waals surface area contributed by atoms with E-state index in [0.717, 1.165) is 65.5 Å². The molecule has 6 heteroatoms. The first kappa shape index (κ1) is 22.8. The van der Waals surface area contributed by atoms with Crippen molar-refractivity contribution < 1.29 is 29.4 Å². The average molecular weight is 405 g/mol. The normalized spacial score (nSPS) is 12.3. The SMILES string of the molecule is C[N+](C)(CCCCC[N+](C)(C)Cc1ccc(O)c(O)c1)Cc1ccc(O)c(O)c1. The molecular weight excluding hydrogens is 368 g/mol.